The average Bonchev–Trinajstić information content (AvgIpc) is 2.26. The van der Waals surface area contributed by atoms with Crippen LogP contribution >= 0.6 is 23.2 Å². The number of benzene rings is 1. The summed E-state index contributed by atoms with van der Waals surface area (Å²) in [5.74, 6) is 1.09. The van der Waals surface area contributed by atoms with Gasteiger partial charge in [-0.15, -0.1) is 11.6 Å². The van der Waals surface area contributed by atoms with Gasteiger partial charge >= 0.3 is 0 Å². The zero-order valence-corrected chi connectivity index (χ0v) is 12.9. The molecule has 1 aromatic rings. The van der Waals surface area contributed by atoms with E-state index in [2.05, 4.69) is 26.8 Å². The lowest BCUT2D eigenvalue weighted by molar-refractivity contribution is -0.00831. The second-order valence-corrected chi connectivity index (χ2v) is 6.35. The molecule has 0 aliphatic rings. The first-order valence-electron chi connectivity index (χ1n) is 6.35. The molecule has 3 heteroatoms. The van der Waals surface area contributed by atoms with Crippen molar-refractivity contribution in [3.05, 3.63) is 34.9 Å². The molecular weight excluding hydrogens is 267 g/mol. The van der Waals surface area contributed by atoms with Crippen molar-refractivity contribution in [2.75, 3.05) is 12.5 Å². The van der Waals surface area contributed by atoms with Gasteiger partial charge in [0.15, 0.2) is 0 Å². The molecule has 0 saturated heterocycles. The fourth-order valence-electron chi connectivity index (χ4n) is 1.76. The molecule has 0 amide bonds. The molecule has 1 unspecified atom stereocenters. The van der Waals surface area contributed by atoms with Gasteiger partial charge in [0.1, 0.15) is 0 Å². The number of halogens is 2. The minimum absolute atomic E-state index is 0.0765. The molecule has 1 rings (SSSR count). The highest BCUT2D eigenvalue weighted by Gasteiger charge is 2.13. The van der Waals surface area contributed by atoms with Gasteiger partial charge in [-0.3, -0.25) is 0 Å². The highest BCUT2D eigenvalue weighted by molar-refractivity contribution is 6.30. The number of alkyl halides is 1. The van der Waals surface area contributed by atoms with Crippen molar-refractivity contribution < 1.29 is 4.74 Å². The maximum absolute atomic E-state index is 6.02. The Kier molecular flexibility index (Phi) is 6.48. The first-order chi connectivity index (χ1) is 8.40. The molecule has 0 fully saturated rings. The molecule has 18 heavy (non-hydrogen) atoms. The lowest BCUT2D eigenvalue weighted by Gasteiger charge is -2.21. The Balaban J connectivity index is 2.42. The predicted octanol–water partition coefficient (Wildman–Crippen LogP) is 4.94. The van der Waals surface area contributed by atoms with E-state index >= 15 is 0 Å². The Bertz CT molecular complexity index is 358. The van der Waals surface area contributed by atoms with Crippen molar-refractivity contribution in [1.82, 2.24) is 0 Å². The minimum Gasteiger partial charge on any atom is -0.376 e. The van der Waals surface area contributed by atoms with E-state index in [1.807, 2.05) is 18.2 Å². The van der Waals surface area contributed by atoms with Crippen LogP contribution in [0.5, 0.6) is 0 Å². The summed E-state index contributed by atoms with van der Waals surface area (Å²) in [6.45, 7) is 6.96. The van der Waals surface area contributed by atoms with Crippen molar-refractivity contribution in [2.24, 2.45) is 5.92 Å². The number of rotatable bonds is 6. The SMILES string of the molecule is CC(C)(C)OCCC(CCl)Cc1cccc(Cl)c1. The summed E-state index contributed by atoms with van der Waals surface area (Å²) >= 11 is 12.0. The summed E-state index contributed by atoms with van der Waals surface area (Å²) < 4.78 is 5.74. The molecule has 1 nitrogen and oxygen atoms in total. The first-order valence-corrected chi connectivity index (χ1v) is 7.26. The average molecular weight is 289 g/mol. The van der Waals surface area contributed by atoms with Gasteiger partial charge < -0.3 is 4.74 Å². The van der Waals surface area contributed by atoms with Crippen LogP contribution in [0.1, 0.15) is 32.8 Å². The molecule has 0 spiro atoms. The zero-order chi connectivity index (χ0) is 13.6. The van der Waals surface area contributed by atoms with Crippen LogP contribution in [0.4, 0.5) is 0 Å². The maximum atomic E-state index is 6.02. The summed E-state index contributed by atoms with van der Waals surface area (Å²) in [7, 11) is 0. The van der Waals surface area contributed by atoms with Crippen LogP contribution in [0.3, 0.4) is 0 Å². The molecule has 0 aliphatic heterocycles. The van der Waals surface area contributed by atoms with Gasteiger partial charge in [0, 0.05) is 17.5 Å². The van der Waals surface area contributed by atoms with Gasteiger partial charge in [-0.05, 0) is 57.2 Å². The van der Waals surface area contributed by atoms with Crippen LogP contribution in [0, 0.1) is 5.92 Å². The molecule has 0 aromatic heterocycles. The van der Waals surface area contributed by atoms with Gasteiger partial charge in [0.05, 0.1) is 5.60 Å². The summed E-state index contributed by atoms with van der Waals surface area (Å²) in [5.41, 5.74) is 1.16. The Morgan fingerprint density at radius 3 is 2.56 bits per heavy atom. The van der Waals surface area contributed by atoms with Crippen LogP contribution in [0.15, 0.2) is 24.3 Å². The highest BCUT2D eigenvalue weighted by Crippen LogP contribution is 2.18. The number of hydrogen-bond acceptors (Lipinski definition) is 1. The monoisotopic (exact) mass is 288 g/mol. The fraction of sp³-hybridized carbons (Fsp3) is 0.600. The second-order valence-electron chi connectivity index (χ2n) is 5.60. The van der Waals surface area contributed by atoms with E-state index in [9.17, 15) is 0 Å². The van der Waals surface area contributed by atoms with Crippen molar-refractivity contribution in [2.45, 2.75) is 39.2 Å². The molecule has 0 heterocycles. The van der Waals surface area contributed by atoms with E-state index in [1.54, 1.807) is 0 Å². The standard InChI is InChI=1S/C15H22Cl2O/c1-15(2,3)18-8-7-13(11-16)9-12-5-4-6-14(17)10-12/h4-6,10,13H,7-9,11H2,1-3H3. The number of hydrogen-bond donors (Lipinski definition) is 0. The first kappa shape index (κ1) is 15.8. The summed E-state index contributed by atoms with van der Waals surface area (Å²) in [6.07, 6.45) is 1.94. The van der Waals surface area contributed by atoms with Crippen LogP contribution in [-0.4, -0.2) is 18.1 Å². The molecule has 1 atom stereocenters. The third-order valence-corrected chi connectivity index (χ3v) is 3.36. The second kappa shape index (κ2) is 7.37. The topological polar surface area (TPSA) is 9.23 Å². The van der Waals surface area contributed by atoms with Crippen LogP contribution in [-0.2, 0) is 11.2 Å². The van der Waals surface area contributed by atoms with E-state index in [4.69, 9.17) is 27.9 Å². The Hall–Kier alpha value is -0.240. The van der Waals surface area contributed by atoms with Gasteiger partial charge in [0.25, 0.3) is 0 Å². The van der Waals surface area contributed by atoms with Gasteiger partial charge in [-0.25, -0.2) is 0 Å². The normalized spacial score (nSPS) is 13.6. The largest absolute Gasteiger partial charge is 0.376 e. The summed E-state index contributed by atoms with van der Waals surface area (Å²) in [4.78, 5) is 0. The molecule has 0 bridgehead atoms. The van der Waals surface area contributed by atoms with Crippen molar-refractivity contribution in [3.8, 4) is 0 Å². The van der Waals surface area contributed by atoms with Crippen LogP contribution in [0.2, 0.25) is 5.02 Å². The van der Waals surface area contributed by atoms with Gasteiger partial charge in [-0.1, -0.05) is 23.7 Å². The smallest absolute Gasteiger partial charge is 0.0598 e. The fourth-order valence-corrected chi connectivity index (χ4v) is 2.24. The van der Waals surface area contributed by atoms with Gasteiger partial charge in [0.2, 0.25) is 0 Å². The van der Waals surface area contributed by atoms with Crippen LogP contribution < -0.4 is 0 Å². The van der Waals surface area contributed by atoms with E-state index in [0.29, 0.717) is 11.8 Å². The van der Waals surface area contributed by atoms with Crippen LogP contribution in [0.25, 0.3) is 0 Å². The Morgan fingerprint density at radius 2 is 2.00 bits per heavy atom. The summed E-state index contributed by atoms with van der Waals surface area (Å²) in [6, 6.07) is 7.97. The molecule has 0 radical (unpaired) electrons. The lowest BCUT2D eigenvalue weighted by Crippen LogP contribution is -2.21. The Morgan fingerprint density at radius 1 is 1.28 bits per heavy atom. The lowest BCUT2D eigenvalue weighted by atomic mass is 9.98. The third kappa shape index (κ3) is 6.63. The quantitative estimate of drug-likeness (QED) is 0.674. The molecule has 0 saturated carbocycles. The molecule has 102 valence electrons. The predicted molar refractivity (Wildman–Crippen MR) is 79.7 cm³/mol. The third-order valence-electron chi connectivity index (χ3n) is 2.69. The van der Waals surface area contributed by atoms with E-state index in [1.165, 1.54) is 5.56 Å². The maximum Gasteiger partial charge on any atom is 0.0598 e. The van der Waals surface area contributed by atoms with Crippen molar-refractivity contribution in [1.29, 1.82) is 0 Å². The molecular formula is C15H22Cl2O. The van der Waals surface area contributed by atoms with E-state index in [-0.39, 0.29) is 5.60 Å². The van der Waals surface area contributed by atoms with Gasteiger partial charge in [-0.2, -0.15) is 0 Å². The Labute approximate surface area is 120 Å². The highest BCUT2D eigenvalue weighted by atomic mass is 35.5. The number of ether oxygens (including phenoxy) is 1. The zero-order valence-electron chi connectivity index (χ0n) is 11.4. The molecule has 0 aliphatic carbocycles. The van der Waals surface area contributed by atoms with Crippen molar-refractivity contribution in [3.63, 3.8) is 0 Å². The molecule has 0 N–H and O–H groups in total. The molecule has 1 aromatic carbocycles. The summed E-state index contributed by atoms with van der Waals surface area (Å²) in [5, 5.41) is 0.784. The van der Waals surface area contributed by atoms with E-state index < -0.39 is 0 Å². The van der Waals surface area contributed by atoms with Crippen molar-refractivity contribution >= 4 is 23.2 Å². The van der Waals surface area contributed by atoms with E-state index in [0.717, 1.165) is 24.5 Å². The minimum atomic E-state index is -0.0765.